The molecule has 1 aromatic heterocycles. The average Bonchev–Trinajstić information content (AvgIpc) is 2.88. The zero-order chi connectivity index (χ0) is 26.7. The van der Waals surface area contributed by atoms with Gasteiger partial charge in [0, 0.05) is 6.54 Å². The van der Waals surface area contributed by atoms with Crippen LogP contribution in [0.15, 0.2) is 82.5 Å². The Labute approximate surface area is 216 Å². The van der Waals surface area contributed by atoms with Crippen molar-refractivity contribution in [3.8, 4) is 11.4 Å². The molecule has 9 heteroatoms. The first kappa shape index (κ1) is 26.5. The first-order valence-electron chi connectivity index (χ1n) is 12.1. The molecule has 4 aromatic rings. The predicted octanol–water partition coefficient (Wildman–Crippen LogP) is 5.33. The number of ether oxygens (including phenoxy) is 1. The highest BCUT2D eigenvalue weighted by Crippen LogP contribution is 2.31. The van der Waals surface area contributed by atoms with E-state index in [0.717, 1.165) is 12.1 Å². The molecule has 194 valence electrons. The second-order valence-electron chi connectivity index (χ2n) is 9.23. The Morgan fingerprint density at radius 2 is 1.62 bits per heavy atom. The van der Waals surface area contributed by atoms with Crippen molar-refractivity contribution in [2.45, 2.75) is 38.1 Å². The maximum Gasteiger partial charge on any atom is 0.266 e. The van der Waals surface area contributed by atoms with E-state index in [-0.39, 0.29) is 28.7 Å². The summed E-state index contributed by atoms with van der Waals surface area (Å²) < 4.78 is 49.6. The molecule has 0 N–H and O–H groups in total. The van der Waals surface area contributed by atoms with E-state index < -0.39 is 21.9 Å². The molecule has 7 nitrogen and oxygen atoms in total. The topological polar surface area (TPSA) is 81.5 Å². The number of rotatable bonds is 9. The Kier molecular flexibility index (Phi) is 7.75. The Hall–Kier alpha value is -3.56. The van der Waals surface area contributed by atoms with Crippen molar-refractivity contribution in [3.05, 3.63) is 94.8 Å². The SMILES string of the molecule is COc1ccccc1-n1c(C(C)N(CCC(C)C)S(=O)(=O)c2ccc(F)cc2)nc2ccccc2c1=O. The first-order valence-corrected chi connectivity index (χ1v) is 13.5. The molecule has 0 spiro atoms. The molecule has 0 amide bonds. The van der Waals surface area contributed by atoms with Gasteiger partial charge in [-0.2, -0.15) is 4.31 Å². The van der Waals surface area contributed by atoms with Gasteiger partial charge in [-0.3, -0.25) is 9.36 Å². The fourth-order valence-corrected chi connectivity index (χ4v) is 5.86. The van der Waals surface area contributed by atoms with Crippen LogP contribution in [0.1, 0.15) is 39.1 Å². The van der Waals surface area contributed by atoms with Crippen molar-refractivity contribution < 1.29 is 17.5 Å². The van der Waals surface area contributed by atoms with Gasteiger partial charge in [0.15, 0.2) is 0 Å². The van der Waals surface area contributed by atoms with Crippen LogP contribution in [-0.2, 0) is 10.0 Å². The Balaban J connectivity index is 1.97. The number of aromatic nitrogens is 2. The summed E-state index contributed by atoms with van der Waals surface area (Å²) in [5.41, 5.74) is 0.585. The van der Waals surface area contributed by atoms with E-state index in [2.05, 4.69) is 0 Å². The number of hydrogen-bond acceptors (Lipinski definition) is 5. The van der Waals surface area contributed by atoms with Crippen LogP contribution in [-0.4, -0.2) is 35.9 Å². The van der Waals surface area contributed by atoms with Gasteiger partial charge < -0.3 is 4.74 Å². The van der Waals surface area contributed by atoms with Crippen LogP contribution in [0, 0.1) is 11.7 Å². The predicted molar refractivity (Wildman–Crippen MR) is 142 cm³/mol. The van der Waals surface area contributed by atoms with E-state index in [1.807, 2.05) is 13.8 Å². The van der Waals surface area contributed by atoms with Gasteiger partial charge in [-0.25, -0.2) is 17.8 Å². The standard InChI is InChI=1S/C28H30FN3O4S/c1-19(2)17-18-31(37(34,35)22-15-13-21(29)14-16-22)20(3)27-30-24-10-6-5-9-23(24)28(33)32(27)25-11-7-8-12-26(25)36-4/h5-16,19-20H,17-18H2,1-4H3. The van der Waals surface area contributed by atoms with Crippen LogP contribution in [0.2, 0.25) is 0 Å². The molecule has 0 aliphatic heterocycles. The average molecular weight is 524 g/mol. The van der Waals surface area contributed by atoms with E-state index in [4.69, 9.17) is 9.72 Å². The molecule has 0 radical (unpaired) electrons. The summed E-state index contributed by atoms with van der Waals surface area (Å²) in [5.74, 6) is 0.397. The van der Waals surface area contributed by atoms with Gasteiger partial charge in [0.05, 0.1) is 34.6 Å². The van der Waals surface area contributed by atoms with Crippen molar-refractivity contribution in [2.75, 3.05) is 13.7 Å². The summed E-state index contributed by atoms with van der Waals surface area (Å²) >= 11 is 0. The van der Waals surface area contributed by atoms with Crippen molar-refractivity contribution in [1.29, 1.82) is 0 Å². The zero-order valence-electron chi connectivity index (χ0n) is 21.3. The summed E-state index contributed by atoms with van der Waals surface area (Å²) in [7, 11) is -2.55. The Morgan fingerprint density at radius 1 is 0.973 bits per heavy atom. The molecule has 1 atom stereocenters. The Morgan fingerprint density at radius 3 is 2.30 bits per heavy atom. The number of sulfonamides is 1. The van der Waals surface area contributed by atoms with Crippen LogP contribution in [0.25, 0.3) is 16.6 Å². The molecular formula is C28H30FN3O4S. The van der Waals surface area contributed by atoms with Gasteiger partial charge >= 0.3 is 0 Å². The van der Waals surface area contributed by atoms with Crippen LogP contribution < -0.4 is 10.3 Å². The molecule has 1 heterocycles. The molecule has 37 heavy (non-hydrogen) atoms. The van der Waals surface area contributed by atoms with Crippen LogP contribution in [0.3, 0.4) is 0 Å². The molecule has 0 saturated carbocycles. The first-order chi connectivity index (χ1) is 17.6. The molecule has 0 aliphatic carbocycles. The van der Waals surface area contributed by atoms with Gasteiger partial charge in [0.1, 0.15) is 17.4 Å². The third-order valence-corrected chi connectivity index (χ3v) is 8.26. The van der Waals surface area contributed by atoms with Crippen molar-refractivity contribution in [2.24, 2.45) is 5.92 Å². The minimum Gasteiger partial charge on any atom is -0.495 e. The zero-order valence-corrected chi connectivity index (χ0v) is 22.1. The highest BCUT2D eigenvalue weighted by molar-refractivity contribution is 7.89. The molecule has 0 aliphatic rings. The fraction of sp³-hybridized carbons (Fsp3) is 0.286. The maximum absolute atomic E-state index is 13.9. The lowest BCUT2D eigenvalue weighted by atomic mass is 10.1. The van der Waals surface area contributed by atoms with Gasteiger partial charge in [-0.1, -0.05) is 38.1 Å². The quantitative estimate of drug-likeness (QED) is 0.296. The summed E-state index contributed by atoms with van der Waals surface area (Å²) in [5, 5.41) is 0.402. The van der Waals surface area contributed by atoms with E-state index in [9.17, 15) is 17.6 Å². The summed E-state index contributed by atoms with van der Waals surface area (Å²) in [6.45, 7) is 5.91. The van der Waals surface area contributed by atoms with E-state index in [1.165, 1.54) is 28.1 Å². The smallest absolute Gasteiger partial charge is 0.266 e. The molecule has 0 bridgehead atoms. The van der Waals surface area contributed by atoms with Crippen LogP contribution >= 0.6 is 0 Å². The van der Waals surface area contributed by atoms with Gasteiger partial charge in [-0.15, -0.1) is 0 Å². The monoisotopic (exact) mass is 523 g/mol. The number of para-hydroxylation sites is 3. The van der Waals surface area contributed by atoms with Crippen LogP contribution in [0.5, 0.6) is 5.75 Å². The van der Waals surface area contributed by atoms with Gasteiger partial charge in [-0.05, 0) is 67.8 Å². The third-order valence-electron chi connectivity index (χ3n) is 6.28. The minimum absolute atomic E-state index is 0.0310. The second-order valence-corrected chi connectivity index (χ2v) is 11.1. The normalized spacial score (nSPS) is 12.8. The van der Waals surface area contributed by atoms with Gasteiger partial charge in [0.2, 0.25) is 10.0 Å². The molecule has 0 saturated heterocycles. The second kappa shape index (κ2) is 10.8. The molecule has 0 fully saturated rings. The summed E-state index contributed by atoms with van der Waals surface area (Å²) in [6, 6.07) is 17.9. The van der Waals surface area contributed by atoms with Crippen molar-refractivity contribution in [1.82, 2.24) is 13.9 Å². The van der Waals surface area contributed by atoms with E-state index in [1.54, 1.807) is 55.5 Å². The lowest BCUT2D eigenvalue weighted by Gasteiger charge is -2.30. The summed E-state index contributed by atoms with van der Waals surface area (Å²) in [6.07, 6.45) is 0.581. The lowest BCUT2D eigenvalue weighted by molar-refractivity contribution is 0.308. The molecule has 1 unspecified atom stereocenters. The number of methoxy groups -OCH3 is 1. The van der Waals surface area contributed by atoms with Crippen molar-refractivity contribution in [3.63, 3.8) is 0 Å². The molecule has 4 rings (SSSR count). The third kappa shape index (κ3) is 5.28. The highest BCUT2D eigenvalue weighted by Gasteiger charge is 2.33. The number of halogens is 1. The fourth-order valence-electron chi connectivity index (χ4n) is 4.26. The van der Waals surface area contributed by atoms with Gasteiger partial charge in [0.25, 0.3) is 5.56 Å². The van der Waals surface area contributed by atoms with Crippen LogP contribution in [0.4, 0.5) is 4.39 Å². The molecule has 3 aromatic carbocycles. The number of nitrogens with zero attached hydrogens (tertiary/aromatic N) is 3. The van der Waals surface area contributed by atoms with E-state index >= 15 is 0 Å². The maximum atomic E-state index is 13.9. The highest BCUT2D eigenvalue weighted by atomic mass is 32.2. The summed E-state index contributed by atoms with van der Waals surface area (Å²) in [4.78, 5) is 18.6. The lowest BCUT2D eigenvalue weighted by Crippen LogP contribution is -2.38. The van der Waals surface area contributed by atoms with E-state index in [0.29, 0.717) is 28.8 Å². The number of benzene rings is 3. The molecular weight excluding hydrogens is 493 g/mol. The Bertz CT molecular complexity index is 1570. The number of hydrogen-bond donors (Lipinski definition) is 0. The largest absolute Gasteiger partial charge is 0.495 e. The minimum atomic E-state index is -4.06. The van der Waals surface area contributed by atoms with Crippen molar-refractivity contribution >= 4 is 20.9 Å². The number of fused-ring (bicyclic) bond motifs is 1.